The first-order valence-electron chi connectivity index (χ1n) is 9.40. The number of unbranched alkanes of at least 4 members (excludes halogenated alkanes) is 1. The first-order valence-corrected chi connectivity index (χ1v) is 10.2. The van der Waals surface area contributed by atoms with Crippen LogP contribution >= 0.6 is 11.3 Å². The fourth-order valence-electron chi connectivity index (χ4n) is 2.67. The molecule has 0 aliphatic rings. The minimum Gasteiger partial charge on any atom is -0.467 e. The SMILES string of the molecule is CCCCOC(=O)c1ccc(NC(=O)COc2ncnc3sc(C)c(C)c23)cc1. The van der Waals surface area contributed by atoms with Gasteiger partial charge in [0.2, 0.25) is 5.88 Å². The van der Waals surface area contributed by atoms with Crippen LogP contribution in [-0.4, -0.2) is 35.1 Å². The van der Waals surface area contributed by atoms with E-state index in [4.69, 9.17) is 9.47 Å². The molecule has 0 saturated carbocycles. The molecule has 7 nitrogen and oxygen atoms in total. The third-order valence-electron chi connectivity index (χ3n) is 4.41. The van der Waals surface area contributed by atoms with E-state index in [1.807, 2.05) is 20.8 Å². The Bertz CT molecular complexity index is 1010. The molecule has 3 rings (SSSR count). The van der Waals surface area contributed by atoms with Gasteiger partial charge in [0.05, 0.1) is 17.6 Å². The number of carbonyl (C=O) groups is 2. The van der Waals surface area contributed by atoms with Crippen molar-refractivity contribution < 1.29 is 19.1 Å². The predicted octanol–water partition coefficient (Wildman–Crippen LogP) is 4.28. The molecular formula is C21H23N3O4S. The van der Waals surface area contributed by atoms with Crippen molar-refractivity contribution in [3.63, 3.8) is 0 Å². The molecule has 1 aromatic carbocycles. The van der Waals surface area contributed by atoms with E-state index in [0.717, 1.165) is 33.5 Å². The normalized spacial score (nSPS) is 10.7. The van der Waals surface area contributed by atoms with Crippen LogP contribution in [0.4, 0.5) is 5.69 Å². The number of benzene rings is 1. The number of fused-ring (bicyclic) bond motifs is 1. The van der Waals surface area contributed by atoms with E-state index >= 15 is 0 Å². The van der Waals surface area contributed by atoms with Crippen molar-refractivity contribution >= 4 is 39.1 Å². The van der Waals surface area contributed by atoms with E-state index in [1.165, 1.54) is 6.33 Å². The minimum absolute atomic E-state index is 0.179. The van der Waals surface area contributed by atoms with Crippen LogP contribution in [0.2, 0.25) is 0 Å². The quantitative estimate of drug-likeness (QED) is 0.438. The fraction of sp³-hybridized carbons (Fsp3) is 0.333. The summed E-state index contributed by atoms with van der Waals surface area (Å²) in [6.45, 7) is 6.26. The number of hydrogen-bond acceptors (Lipinski definition) is 7. The van der Waals surface area contributed by atoms with Crippen LogP contribution in [0.1, 0.15) is 40.6 Å². The molecule has 0 aliphatic heterocycles. The number of esters is 1. The summed E-state index contributed by atoms with van der Waals surface area (Å²) in [7, 11) is 0. The molecule has 2 heterocycles. The highest BCUT2D eigenvalue weighted by molar-refractivity contribution is 7.18. The van der Waals surface area contributed by atoms with Gasteiger partial charge in [-0.15, -0.1) is 11.3 Å². The molecular weight excluding hydrogens is 390 g/mol. The molecule has 1 N–H and O–H groups in total. The van der Waals surface area contributed by atoms with Gasteiger partial charge in [-0.25, -0.2) is 14.8 Å². The van der Waals surface area contributed by atoms with Crippen LogP contribution in [0.25, 0.3) is 10.2 Å². The van der Waals surface area contributed by atoms with Gasteiger partial charge in [0.15, 0.2) is 6.61 Å². The Morgan fingerprint density at radius 2 is 1.90 bits per heavy atom. The summed E-state index contributed by atoms with van der Waals surface area (Å²) in [5.41, 5.74) is 2.07. The highest BCUT2D eigenvalue weighted by atomic mass is 32.1. The van der Waals surface area contributed by atoms with Crippen LogP contribution in [0.15, 0.2) is 30.6 Å². The van der Waals surface area contributed by atoms with E-state index in [9.17, 15) is 9.59 Å². The first kappa shape index (κ1) is 20.7. The number of aromatic nitrogens is 2. The monoisotopic (exact) mass is 413 g/mol. The number of hydrogen-bond donors (Lipinski definition) is 1. The number of carbonyl (C=O) groups excluding carboxylic acids is 2. The number of amides is 1. The second-order valence-corrected chi connectivity index (χ2v) is 7.75. The molecule has 152 valence electrons. The number of nitrogens with one attached hydrogen (secondary N) is 1. The maximum absolute atomic E-state index is 12.2. The molecule has 0 unspecified atom stereocenters. The number of thiophene rings is 1. The van der Waals surface area contributed by atoms with E-state index < -0.39 is 0 Å². The van der Waals surface area contributed by atoms with E-state index in [1.54, 1.807) is 35.6 Å². The maximum atomic E-state index is 12.2. The second kappa shape index (κ2) is 9.47. The zero-order valence-electron chi connectivity index (χ0n) is 16.7. The fourth-order valence-corrected chi connectivity index (χ4v) is 3.66. The summed E-state index contributed by atoms with van der Waals surface area (Å²) in [5, 5.41) is 3.58. The van der Waals surface area contributed by atoms with Crippen molar-refractivity contribution in [3.8, 4) is 5.88 Å². The molecule has 2 aromatic heterocycles. The summed E-state index contributed by atoms with van der Waals surface area (Å²) in [5.74, 6) is -0.286. The number of ether oxygens (including phenoxy) is 2. The molecule has 0 spiro atoms. The highest BCUT2D eigenvalue weighted by Crippen LogP contribution is 2.33. The third-order valence-corrected chi connectivity index (χ3v) is 5.52. The van der Waals surface area contributed by atoms with Gasteiger partial charge < -0.3 is 14.8 Å². The molecule has 0 radical (unpaired) electrons. The summed E-state index contributed by atoms with van der Waals surface area (Å²) in [6, 6.07) is 6.56. The minimum atomic E-state index is -0.367. The Morgan fingerprint density at radius 1 is 1.14 bits per heavy atom. The first-order chi connectivity index (χ1) is 14.0. The van der Waals surface area contributed by atoms with Crippen molar-refractivity contribution in [2.45, 2.75) is 33.6 Å². The van der Waals surface area contributed by atoms with E-state index in [2.05, 4.69) is 15.3 Å². The lowest BCUT2D eigenvalue weighted by atomic mass is 10.2. The Labute approximate surface area is 173 Å². The van der Waals surface area contributed by atoms with Crippen LogP contribution in [0, 0.1) is 13.8 Å². The van der Waals surface area contributed by atoms with Crippen LogP contribution in [0.3, 0.4) is 0 Å². The largest absolute Gasteiger partial charge is 0.467 e. The molecule has 0 fully saturated rings. The average molecular weight is 413 g/mol. The lowest BCUT2D eigenvalue weighted by Gasteiger charge is -2.09. The Hall–Kier alpha value is -3.00. The van der Waals surface area contributed by atoms with Gasteiger partial charge in [-0.3, -0.25) is 4.79 Å². The van der Waals surface area contributed by atoms with Crippen molar-refractivity contribution in [3.05, 3.63) is 46.6 Å². The standard InChI is InChI=1S/C21H23N3O4S/c1-4-5-10-27-21(26)15-6-8-16(9-7-15)24-17(25)11-28-19-18-13(2)14(3)29-20(18)23-12-22-19/h6-9,12H,4-5,10-11H2,1-3H3,(H,24,25). The van der Waals surface area contributed by atoms with Gasteiger partial charge >= 0.3 is 5.97 Å². The molecule has 8 heteroatoms. The molecule has 0 aliphatic carbocycles. The molecule has 29 heavy (non-hydrogen) atoms. The smallest absolute Gasteiger partial charge is 0.338 e. The zero-order chi connectivity index (χ0) is 20.8. The predicted molar refractivity (Wildman–Crippen MR) is 113 cm³/mol. The van der Waals surface area contributed by atoms with Crippen LogP contribution < -0.4 is 10.1 Å². The van der Waals surface area contributed by atoms with Gasteiger partial charge in [-0.05, 0) is 50.1 Å². The topological polar surface area (TPSA) is 90.4 Å². The van der Waals surface area contributed by atoms with Crippen LogP contribution in [0.5, 0.6) is 5.88 Å². The summed E-state index contributed by atoms with van der Waals surface area (Å²) < 4.78 is 10.8. The molecule has 3 aromatic rings. The molecule has 0 bridgehead atoms. The van der Waals surface area contributed by atoms with Gasteiger partial charge in [0.25, 0.3) is 5.91 Å². The van der Waals surface area contributed by atoms with Crippen molar-refractivity contribution in [2.75, 3.05) is 18.5 Å². The van der Waals surface area contributed by atoms with Crippen LogP contribution in [-0.2, 0) is 9.53 Å². The van der Waals surface area contributed by atoms with Crippen molar-refractivity contribution in [2.24, 2.45) is 0 Å². The number of anilines is 1. The Balaban J connectivity index is 1.57. The third kappa shape index (κ3) is 5.08. The number of nitrogens with zero attached hydrogens (tertiary/aromatic N) is 2. The summed E-state index contributed by atoms with van der Waals surface area (Å²) in [4.78, 5) is 34.5. The van der Waals surface area contributed by atoms with Gasteiger partial charge in [0, 0.05) is 10.6 Å². The second-order valence-electron chi connectivity index (χ2n) is 6.55. The van der Waals surface area contributed by atoms with Crippen molar-refractivity contribution in [1.82, 2.24) is 9.97 Å². The summed E-state index contributed by atoms with van der Waals surface area (Å²) in [6.07, 6.45) is 3.23. The van der Waals surface area contributed by atoms with Gasteiger partial charge in [-0.2, -0.15) is 0 Å². The zero-order valence-corrected chi connectivity index (χ0v) is 17.5. The Kier molecular flexibility index (Phi) is 6.77. The lowest BCUT2D eigenvalue weighted by Crippen LogP contribution is -2.20. The summed E-state index contributed by atoms with van der Waals surface area (Å²) >= 11 is 1.57. The molecule has 0 saturated heterocycles. The highest BCUT2D eigenvalue weighted by Gasteiger charge is 2.14. The lowest BCUT2D eigenvalue weighted by molar-refractivity contribution is -0.118. The number of aryl methyl sites for hydroxylation is 2. The van der Waals surface area contributed by atoms with Gasteiger partial charge in [-0.1, -0.05) is 13.3 Å². The van der Waals surface area contributed by atoms with Gasteiger partial charge in [0.1, 0.15) is 11.2 Å². The molecule has 1 amide bonds. The molecule has 0 atom stereocenters. The number of rotatable bonds is 8. The maximum Gasteiger partial charge on any atom is 0.338 e. The van der Waals surface area contributed by atoms with Crippen molar-refractivity contribution in [1.29, 1.82) is 0 Å². The van der Waals surface area contributed by atoms with E-state index in [-0.39, 0.29) is 18.5 Å². The van der Waals surface area contributed by atoms with E-state index in [0.29, 0.717) is 23.7 Å². The average Bonchev–Trinajstić information content (AvgIpc) is 3.01. The Morgan fingerprint density at radius 3 is 2.62 bits per heavy atom.